The summed E-state index contributed by atoms with van der Waals surface area (Å²) in [6, 6.07) is 4.45. The normalized spacial score (nSPS) is 23.6. The molecule has 4 heterocycles. The van der Waals surface area contributed by atoms with Crippen molar-refractivity contribution in [3.05, 3.63) is 47.7 Å². The van der Waals surface area contributed by atoms with Crippen LogP contribution >= 0.6 is 0 Å². The molecule has 34 heavy (non-hydrogen) atoms. The molecule has 2 unspecified atom stereocenters. The molecule has 1 amide bonds. The number of piperazine rings is 1. The average molecular weight is 476 g/mol. The topological polar surface area (TPSA) is 89.3 Å². The van der Waals surface area contributed by atoms with Crippen LogP contribution in [0.25, 0.3) is 11.3 Å². The third-order valence-electron chi connectivity index (χ3n) is 6.36. The van der Waals surface area contributed by atoms with Crippen molar-refractivity contribution in [2.45, 2.75) is 31.1 Å². The Balaban J connectivity index is 1.61. The third-order valence-corrected chi connectivity index (χ3v) is 6.36. The number of ether oxygens (including phenoxy) is 2. The SMILES string of the molecule is CN1C2CCC1CN(C(=O)c1oc(-c3cccc(C(F)(F)F)c3)c3c1OC(=O)/C=C/C(=O)O3)C2. The summed E-state index contributed by atoms with van der Waals surface area (Å²) in [5.74, 6) is -4.13. The van der Waals surface area contributed by atoms with E-state index in [1.165, 1.54) is 6.07 Å². The van der Waals surface area contributed by atoms with Gasteiger partial charge in [0.15, 0.2) is 5.76 Å². The number of benzene rings is 1. The fourth-order valence-electron chi connectivity index (χ4n) is 4.58. The van der Waals surface area contributed by atoms with Gasteiger partial charge in [-0.05, 0) is 32.0 Å². The molecule has 0 spiro atoms. The second-order valence-electron chi connectivity index (χ2n) is 8.43. The molecule has 0 radical (unpaired) electrons. The number of carbonyl (C=O) groups excluding carboxylic acids is 3. The second-order valence-corrected chi connectivity index (χ2v) is 8.43. The zero-order valence-corrected chi connectivity index (χ0v) is 17.9. The van der Waals surface area contributed by atoms with E-state index in [2.05, 4.69) is 4.90 Å². The molecule has 11 heteroatoms. The Bertz CT molecular complexity index is 1200. The van der Waals surface area contributed by atoms with Gasteiger partial charge in [0.2, 0.25) is 17.3 Å². The molecule has 0 aliphatic carbocycles. The molecular weight excluding hydrogens is 457 g/mol. The average Bonchev–Trinajstić information content (AvgIpc) is 3.20. The summed E-state index contributed by atoms with van der Waals surface area (Å²) in [6.45, 7) is 0.821. The van der Waals surface area contributed by atoms with Gasteiger partial charge in [-0.2, -0.15) is 13.2 Å². The first-order valence-electron chi connectivity index (χ1n) is 10.6. The van der Waals surface area contributed by atoms with Crippen LogP contribution in [0.3, 0.4) is 0 Å². The molecule has 0 N–H and O–H groups in total. The molecule has 2 saturated heterocycles. The van der Waals surface area contributed by atoms with Gasteiger partial charge in [0.1, 0.15) is 0 Å². The fourth-order valence-corrected chi connectivity index (χ4v) is 4.58. The van der Waals surface area contributed by atoms with Gasteiger partial charge >= 0.3 is 18.1 Å². The van der Waals surface area contributed by atoms with Crippen molar-refractivity contribution < 1.29 is 41.4 Å². The van der Waals surface area contributed by atoms with Crippen LogP contribution in [0.2, 0.25) is 0 Å². The number of likely N-dealkylation sites (tertiary alicyclic amines) is 1. The first-order chi connectivity index (χ1) is 16.1. The summed E-state index contributed by atoms with van der Waals surface area (Å²) in [7, 11) is 1.99. The highest BCUT2D eigenvalue weighted by molar-refractivity contribution is 6.01. The number of amides is 1. The predicted octanol–water partition coefficient (Wildman–Crippen LogP) is 3.26. The molecule has 1 aromatic carbocycles. The number of halogens is 3. The maximum absolute atomic E-state index is 13.4. The number of alkyl halides is 3. The van der Waals surface area contributed by atoms with Crippen LogP contribution in [0.4, 0.5) is 13.2 Å². The minimum Gasteiger partial charge on any atom is -0.443 e. The number of hydrogen-bond donors (Lipinski definition) is 0. The van der Waals surface area contributed by atoms with Crippen molar-refractivity contribution in [3.8, 4) is 22.8 Å². The van der Waals surface area contributed by atoms with Crippen molar-refractivity contribution in [1.29, 1.82) is 0 Å². The van der Waals surface area contributed by atoms with E-state index in [1.807, 2.05) is 7.05 Å². The predicted molar refractivity (Wildman–Crippen MR) is 110 cm³/mol. The molecule has 178 valence electrons. The van der Waals surface area contributed by atoms with Crippen LogP contribution in [0.15, 0.2) is 40.8 Å². The van der Waals surface area contributed by atoms with Crippen LogP contribution < -0.4 is 9.47 Å². The molecule has 5 rings (SSSR count). The number of carbonyl (C=O) groups is 3. The van der Waals surface area contributed by atoms with Crippen molar-refractivity contribution in [2.75, 3.05) is 20.1 Å². The Kier molecular flexibility index (Phi) is 5.23. The lowest BCUT2D eigenvalue weighted by Crippen LogP contribution is -2.53. The standard InChI is InChI=1S/C23H19F3N2O6/c1-27-14-5-6-15(27)11-28(10-14)22(31)21-20-19(32-16(29)7-8-17(30)33-20)18(34-21)12-3-2-4-13(9-12)23(24,25)26/h2-4,7-9,14-15H,5-6,10-11H2,1H3/b8-7+. The Morgan fingerprint density at radius 1 is 1.00 bits per heavy atom. The molecular formula is C23H19F3N2O6. The number of likely N-dealkylation sites (N-methyl/N-ethyl adjacent to an activating group) is 1. The van der Waals surface area contributed by atoms with Gasteiger partial charge in [-0.25, -0.2) is 9.59 Å². The lowest BCUT2D eigenvalue weighted by atomic mass is 10.1. The molecule has 2 atom stereocenters. The zero-order chi connectivity index (χ0) is 24.2. The molecule has 1 aromatic heterocycles. The lowest BCUT2D eigenvalue weighted by molar-refractivity contribution is -0.137. The summed E-state index contributed by atoms with van der Waals surface area (Å²) < 4.78 is 56.0. The maximum atomic E-state index is 13.4. The van der Waals surface area contributed by atoms with Crippen LogP contribution in [-0.4, -0.2) is 59.9 Å². The van der Waals surface area contributed by atoms with E-state index in [4.69, 9.17) is 13.9 Å². The molecule has 3 aliphatic heterocycles. The number of rotatable bonds is 2. The van der Waals surface area contributed by atoms with E-state index in [0.29, 0.717) is 13.1 Å². The Morgan fingerprint density at radius 2 is 1.62 bits per heavy atom. The summed E-state index contributed by atoms with van der Waals surface area (Å²) in [5, 5.41) is 0. The van der Waals surface area contributed by atoms with E-state index in [0.717, 1.165) is 43.2 Å². The minimum absolute atomic E-state index is 0.100. The van der Waals surface area contributed by atoms with Gasteiger partial charge in [-0.15, -0.1) is 0 Å². The monoisotopic (exact) mass is 476 g/mol. The van der Waals surface area contributed by atoms with Gasteiger partial charge in [0.25, 0.3) is 5.91 Å². The maximum Gasteiger partial charge on any atom is 0.416 e. The highest BCUT2D eigenvalue weighted by Gasteiger charge is 2.42. The van der Waals surface area contributed by atoms with Crippen molar-refractivity contribution >= 4 is 17.8 Å². The number of hydrogen-bond acceptors (Lipinski definition) is 7. The van der Waals surface area contributed by atoms with Crippen molar-refractivity contribution in [3.63, 3.8) is 0 Å². The van der Waals surface area contributed by atoms with E-state index in [9.17, 15) is 27.6 Å². The first kappa shape index (κ1) is 22.2. The van der Waals surface area contributed by atoms with Crippen molar-refractivity contribution in [2.24, 2.45) is 0 Å². The van der Waals surface area contributed by atoms with E-state index >= 15 is 0 Å². The molecule has 8 nitrogen and oxygen atoms in total. The van der Waals surface area contributed by atoms with E-state index < -0.39 is 46.8 Å². The van der Waals surface area contributed by atoms with Crippen LogP contribution in [0, 0.1) is 0 Å². The van der Waals surface area contributed by atoms with Gasteiger partial charge in [0.05, 0.1) is 5.56 Å². The smallest absolute Gasteiger partial charge is 0.416 e. The number of fused-ring (bicyclic) bond motifs is 3. The van der Waals surface area contributed by atoms with Gasteiger partial charge in [0, 0.05) is 42.9 Å². The second kappa shape index (κ2) is 8.01. The molecule has 0 saturated carbocycles. The van der Waals surface area contributed by atoms with Gasteiger partial charge in [-0.1, -0.05) is 12.1 Å². The third kappa shape index (κ3) is 3.85. The molecule has 2 aromatic rings. The number of nitrogens with zero attached hydrogens (tertiary/aromatic N) is 2. The van der Waals surface area contributed by atoms with Crippen LogP contribution in [0.1, 0.15) is 29.0 Å². The Morgan fingerprint density at radius 3 is 2.24 bits per heavy atom. The van der Waals surface area contributed by atoms with Crippen LogP contribution in [0.5, 0.6) is 11.5 Å². The fraction of sp³-hybridized carbons (Fsp3) is 0.348. The van der Waals surface area contributed by atoms with Crippen LogP contribution in [-0.2, 0) is 15.8 Å². The highest BCUT2D eigenvalue weighted by Crippen LogP contribution is 2.46. The molecule has 3 aliphatic rings. The summed E-state index contributed by atoms with van der Waals surface area (Å²) in [4.78, 5) is 41.5. The molecule has 2 bridgehead atoms. The zero-order valence-electron chi connectivity index (χ0n) is 17.9. The minimum atomic E-state index is -4.64. The number of esters is 2. The van der Waals surface area contributed by atoms with Gasteiger partial charge < -0.3 is 18.8 Å². The van der Waals surface area contributed by atoms with Crippen molar-refractivity contribution in [1.82, 2.24) is 9.80 Å². The van der Waals surface area contributed by atoms with Gasteiger partial charge in [-0.3, -0.25) is 9.69 Å². The van der Waals surface area contributed by atoms with E-state index in [-0.39, 0.29) is 23.4 Å². The van der Waals surface area contributed by atoms with E-state index in [1.54, 1.807) is 4.90 Å². The molecule has 2 fully saturated rings. The Labute approximate surface area is 191 Å². The summed E-state index contributed by atoms with van der Waals surface area (Å²) in [5.41, 5.74) is -1.07. The number of furan rings is 1. The lowest BCUT2D eigenvalue weighted by Gasteiger charge is -2.38. The Hall–Kier alpha value is -3.60. The summed E-state index contributed by atoms with van der Waals surface area (Å²) >= 11 is 0. The first-order valence-corrected chi connectivity index (χ1v) is 10.6. The largest absolute Gasteiger partial charge is 0.443 e. The quantitative estimate of drug-likeness (QED) is 0.615. The summed E-state index contributed by atoms with van der Waals surface area (Å²) in [6.07, 6.45) is -1.15. The highest BCUT2D eigenvalue weighted by atomic mass is 19.4.